The summed E-state index contributed by atoms with van der Waals surface area (Å²) in [6.45, 7) is -0.650. The van der Waals surface area contributed by atoms with E-state index in [0.29, 0.717) is 11.3 Å². The summed E-state index contributed by atoms with van der Waals surface area (Å²) in [5.74, 6) is -1.82. The van der Waals surface area contributed by atoms with Crippen LogP contribution in [0.4, 0.5) is 5.69 Å². The van der Waals surface area contributed by atoms with Gasteiger partial charge in [-0.05, 0) is 12.1 Å². The molecule has 6 heteroatoms. The third kappa shape index (κ3) is 3.18. The van der Waals surface area contributed by atoms with Crippen LogP contribution >= 0.6 is 0 Å². The Labute approximate surface area is 98.3 Å². The summed E-state index contributed by atoms with van der Waals surface area (Å²) in [7, 11) is 1.66. The van der Waals surface area contributed by atoms with Crippen molar-refractivity contribution in [3.8, 4) is 0 Å². The second-order valence-electron chi connectivity index (χ2n) is 3.34. The van der Waals surface area contributed by atoms with Crippen LogP contribution in [0.3, 0.4) is 0 Å². The fourth-order valence-electron chi connectivity index (χ4n) is 1.32. The van der Waals surface area contributed by atoms with Gasteiger partial charge in [0.25, 0.3) is 5.91 Å². The molecular weight excluding hydrogens is 224 g/mol. The largest absolute Gasteiger partial charge is 0.480 e. The van der Waals surface area contributed by atoms with Gasteiger partial charge in [-0.15, -0.1) is 0 Å². The van der Waals surface area contributed by atoms with Crippen LogP contribution in [0.25, 0.3) is 0 Å². The topological polar surface area (TPSA) is 98.7 Å². The Morgan fingerprint density at radius 3 is 2.53 bits per heavy atom. The molecule has 17 heavy (non-hydrogen) atoms. The van der Waals surface area contributed by atoms with Gasteiger partial charge < -0.3 is 20.8 Å². The molecule has 0 aliphatic carbocycles. The number of hydrogen-bond donors (Lipinski definition) is 4. The minimum absolute atomic E-state index is 0.328. The van der Waals surface area contributed by atoms with Crippen LogP contribution < -0.4 is 10.6 Å². The highest BCUT2D eigenvalue weighted by molar-refractivity contribution is 6.01. The van der Waals surface area contributed by atoms with Crippen LogP contribution in [0.1, 0.15) is 10.4 Å². The molecule has 0 aliphatic heterocycles. The van der Waals surface area contributed by atoms with Crippen LogP contribution in [0.2, 0.25) is 0 Å². The quantitative estimate of drug-likeness (QED) is 0.574. The molecular formula is C11H14N2O4. The van der Waals surface area contributed by atoms with E-state index in [0.717, 1.165) is 0 Å². The Bertz CT molecular complexity index is 420. The number of carboxylic acid groups (broad SMARTS) is 1. The van der Waals surface area contributed by atoms with Crippen molar-refractivity contribution in [2.24, 2.45) is 0 Å². The molecule has 0 aliphatic rings. The number of para-hydroxylation sites is 1. The normalized spacial score (nSPS) is 11.6. The molecule has 0 fully saturated rings. The van der Waals surface area contributed by atoms with Gasteiger partial charge in [-0.1, -0.05) is 12.1 Å². The van der Waals surface area contributed by atoms with Gasteiger partial charge in [0.1, 0.15) is 0 Å². The summed E-state index contributed by atoms with van der Waals surface area (Å²) < 4.78 is 0. The average Bonchev–Trinajstić information content (AvgIpc) is 2.35. The second kappa shape index (κ2) is 5.86. The molecule has 0 saturated carbocycles. The maximum Gasteiger partial charge on any atom is 0.328 e. The summed E-state index contributed by atoms with van der Waals surface area (Å²) in [5.41, 5.74) is 0.918. The Kier molecular flexibility index (Phi) is 4.47. The van der Waals surface area contributed by atoms with Crippen molar-refractivity contribution < 1.29 is 19.8 Å². The molecule has 6 nitrogen and oxygen atoms in total. The zero-order valence-corrected chi connectivity index (χ0v) is 9.30. The highest BCUT2D eigenvalue weighted by atomic mass is 16.4. The zero-order chi connectivity index (χ0) is 12.8. The first kappa shape index (κ1) is 13.0. The number of rotatable bonds is 5. The molecule has 1 rings (SSSR count). The maximum absolute atomic E-state index is 11.8. The summed E-state index contributed by atoms with van der Waals surface area (Å²) in [5, 5.41) is 22.6. The molecule has 1 aromatic carbocycles. The van der Waals surface area contributed by atoms with Crippen LogP contribution in [-0.2, 0) is 4.79 Å². The van der Waals surface area contributed by atoms with Crippen molar-refractivity contribution in [3.63, 3.8) is 0 Å². The average molecular weight is 238 g/mol. The van der Waals surface area contributed by atoms with Gasteiger partial charge in [0.15, 0.2) is 6.04 Å². The minimum Gasteiger partial charge on any atom is -0.480 e. The number of anilines is 1. The molecule has 1 amide bonds. The van der Waals surface area contributed by atoms with E-state index in [1.54, 1.807) is 31.3 Å². The third-order valence-corrected chi connectivity index (χ3v) is 2.23. The first-order chi connectivity index (χ1) is 8.10. The predicted octanol–water partition coefficient (Wildman–Crippen LogP) is -0.0964. The van der Waals surface area contributed by atoms with E-state index in [-0.39, 0.29) is 0 Å². The number of carboxylic acids is 1. The van der Waals surface area contributed by atoms with E-state index < -0.39 is 24.5 Å². The number of hydrogen-bond acceptors (Lipinski definition) is 4. The molecule has 0 unspecified atom stereocenters. The number of carbonyl (C=O) groups is 2. The number of benzene rings is 1. The fraction of sp³-hybridized carbons (Fsp3) is 0.273. The van der Waals surface area contributed by atoms with Gasteiger partial charge in [0, 0.05) is 12.7 Å². The Morgan fingerprint density at radius 1 is 1.35 bits per heavy atom. The van der Waals surface area contributed by atoms with Gasteiger partial charge >= 0.3 is 5.97 Å². The SMILES string of the molecule is CNc1ccccc1C(=O)N[C@@H](CO)C(=O)O. The highest BCUT2D eigenvalue weighted by Crippen LogP contribution is 2.13. The lowest BCUT2D eigenvalue weighted by Crippen LogP contribution is -2.43. The number of aliphatic hydroxyl groups is 1. The molecule has 0 saturated heterocycles. The zero-order valence-electron chi connectivity index (χ0n) is 9.30. The summed E-state index contributed by atoms with van der Waals surface area (Å²) in [6.07, 6.45) is 0. The van der Waals surface area contributed by atoms with Crippen molar-refractivity contribution in [1.82, 2.24) is 5.32 Å². The molecule has 92 valence electrons. The molecule has 4 N–H and O–H groups in total. The van der Waals surface area contributed by atoms with Crippen LogP contribution in [0, 0.1) is 0 Å². The first-order valence-electron chi connectivity index (χ1n) is 5.01. The first-order valence-corrected chi connectivity index (χ1v) is 5.01. The van der Waals surface area contributed by atoms with E-state index in [1.807, 2.05) is 0 Å². The van der Waals surface area contributed by atoms with Gasteiger partial charge in [-0.2, -0.15) is 0 Å². The molecule has 1 atom stereocenters. The summed E-state index contributed by atoms with van der Waals surface area (Å²) in [6, 6.07) is 5.39. The lowest BCUT2D eigenvalue weighted by Gasteiger charge is -2.13. The summed E-state index contributed by atoms with van der Waals surface area (Å²) >= 11 is 0. The second-order valence-corrected chi connectivity index (χ2v) is 3.34. The van der Waals surface area contributed by atoms with E-state index in [1.165, 1.54) is 0 Å². The Morgan fingerprint density at radius 2 is 2.00 bits per heavy atom. The van der Waals surface area contributed by atoms with Crippen molar-refractivity contribution in [1.29, 1.82) is 0 Å². The van der Waals surface area contributed by atoms with Crippen molar-refractivity contribution >= 4 is 17.6 Å². The molecule has 0 spiro atoms. The van der Waals surface area contributed by atoms with Crippen molar-refractivity contribution in [3.05, 3.63) is 29.8 Å². The van der Waals surface area contributed by atoms with Crippen LogP contribution in [0.15, 0.2) is 24.3 Å². The van der Waals surface area contributed by atoms with E-state index in [4.69, 9.17) is 10.2 Å². The monoisotopic (exact) mass is 238 g/mol. The fourth-order valence-corrected chi connectivity index (χ4v) is 1.32. The number of aliphatic carboxylic acids is 1. The highest BCUT2D eigenvalue weighted by Gasteiger charge is 2.20. The standard InChI is InChI=1S/C11H14N2O4/c1-12-8-5-3-2-4-7(8)10(15)13-9(6-14)11(16)17/h2-5,9,12,14H,6H2,1H3,(H,13,15)(H,16,17)/t9-/m0/s1. The van der Waals surface area contributed by atoms with Gasteiger partial charge in [-0.25, -0.2) is 4.79 Å². The number of amides is 1. The summed E-state index contributed by atoms with van der Waals surface area (Å²) in [4.78, 5) is 22.4. The molecule has 0 heterocycles. The molecule has 0 radical (unpaired) electrons. The lowest BCUT2D eigenvalue weighted by atomic mass is 10.1. The number of aliphatic hydroxyl groups excluding tert-OH is 1. The van der Waals surface area contributed by atoms with Crippen molar-refractivity contribution in [2.75, 3.05) is 19.0 Å². The van der Waals surface area contributed by atoms with E-state index in [2.05, 4.69) is 10.6 Å². The molecule has 0 bridgehead atoms. The Balaban J connectivity index is 2.86. The molecule has 1 aromatic rings. The van der Waals surface area contributed by atoms with Crippen LogP contribution in [-0.4, -0.2) is 41.8 Å². The third-order valence-electron chi connectivity index (χ3n) is 2.23. The minimum atomic E-state index is -1.30. The van der Waals surface area contributed by atoms with Crippen LogP contribution in [0.5, 0.6) is 0 Å². The van der Waals surface area contributed by atoms with Gasteiger partial charge in [-0.3, -0.25) is 4.79 Å². The number of carbonyl (C=O) groups excluding carboxylic acids is 1. The van der Waals surface area contributed by atoms with E-state index in [9.17, 15) is 9.59 Å². The van der Waals surface area contributed by atoms with Crippen molar-refractivity contribution in [2.45, 2.75) is 6.04 Å². The lowest BCUT2D eigenvalue weighted by molar-refractivity contribution is -0.140. The van der Waals surface area contributed by atoms with Gasteiger partial charge in [0.05, 0.1) is 12.2 Å². The number of nitrogens with one attached hydrogen (secondary N) is 2. The smallest absolute Gasteiger partial charge is 0.328 e. The maximum atomic E-state index is 11.8. The molecule has 0 aromatic heterocycles. The van der Waals surface area contributed by atoms with Gasteiger partial charge in [0.2, 0.25) is 0 Å². The van der Waals surface area contributed by atoms with E-state index >= 15 is 0 Å². The Hall–Kier alpha value is -2.08. The predicted molar refractivity (Wildman–Crippen MR) is 62.0 cm³/mol.